The second-order valence-electron chi connectivity index (χ2n) is 6.03. The topological polar surface area (TPSA) is 58.8 Å². The maximum Gasteiger partial charge on any atom is 0.253 e. The van der Waals surface area contributed by atoms with Crippen molar-refractivity contribution < 1.29 is 9.53 Å². The summed E-state index contributed by atoms with van der Waals surface area (Å²) in [7, 11) is 0. The standard InChI is InChI=1S/C16H23N3O2/c1-12-10-19(11-15(12)18-5-7-21-8-6-18)16(20)13-3-2-4-14(17)9-13/h2-4,9,12,15H,5-8,10-11,17H2,1H3. The van der Waals surface area contributed by atoms with E-state index in [-0.39, 0.29) is 5.91 Å². The summed E-state index contributed by atoms with van der Waals surface area (Å²) in [5, 5.41) is 0. The van der Waals surface area contributed by atoms with E-state index in [1.165, 1.54) is 0 Å². The molecule has 2 atom stereocenters. The van der Waals surface area contributed by atoms with Gasteiger partial charge in [0.25, 0.3) is 5.91 Å². The van der Waals surface area contributed by atoms with Gasteiger partial charge in [-0.3, -0.25) is 9.69 Å². The number of anilines is 1. The maximum atomic E-state index is 12.6. The van der Waals surface area contributed by atoms with Gasteiger partial charge < -0.3 is 15.4 Å². The van der Waals surface area contributed by atoms with E-state index in [4.69, 9.17) is 10.5 Å². The van der Waals surface area contributed by atoms with Gasteiger partial charge in [-0.05, 0) is 24.1 Å². The molecule has 1 amide bonds. The fraction of sp³-hybridized carbons (Fsp3) is 0.562. The quantitative estimate of drug-likeness (QED) is 0.827. The van der Waals surface area contributed by atoms with Crippen LogP contribution in [-0.2, 0) is 4.74 Å². The fourth-order valence-corrected chi connectivity index (χ4v) is 3.35. The lowest BCUT2D eigenvalue weighted by Crippen LogP contribution is -2.47. The molecule has 1 aromatic rings. The molecule has 2 N–H and O–H groups in total. The Kier molecular flexibility index (Phi) is 4.12. The molecule has 1 aromatic carbocycles. The number of rotatable bonds is 2. The number of carbonyl (C=O) groups is 1. The first-order chi connectivity index (χ1) is 10.1. The van der Waals surface area contributed by atoms with E-state index in [2.05, 4.69) is 11.8 Å². The Bertz CT molecular complexity index is 514. The Labute approximate surface area is 125 Å². The average molecular weight is 289 g/mol. The summed E-state index contributed by atoms with van der Waals surface area (Å²) >= 11 is 0. The number of ether oxygens (including phenoxy) is 1. The minimum absolute atomic E-state index is 0.0879. The van der Waals surface area contributed by atoms with Gasteiger partial charge in [-0.2, -0.15) is 0 Å². The summed E-state index contributed by atoms with van der Waals surface area (Å²) < 4.78 is 5.42. The van der Waals surface area contributed by atoms with E-state index in [0.717, 1.165) is 39.4 Å². The summed E-state index contributed by atoms with van der Waals surface area (Å²) in [6, 6.07) is 7.68. The van der Waals surface area contributed by atoms with Crippen molar-refractivity contribution in [3.05, 3.63) is 29.8 Å². The van der Waals surface area contributed by atoms with Crippen LogP contribution in [0, 0.1) is 5.92 Å². The zero-order chi connectivity index (χ0) is 14.8. The minimum Gasteiger partial charge on any atom is -0.399 e. The minimum atomic E-state index is 0.0879. The average Bonchev–Trinajstić information content (AvgIpc) is 2.89. The van der Waals surface area contributed by atoms with E-state index in [9.17, 15) is 4.79 Å². The zero-order valence-electron chi connectivity index (χ0n) is 12.5. The number of nitrogens with two attached hydrogens (primary N) is 1. The molecule has 2 fully saturated rings. The molecule has 0 aromatic heterocycles. The molecule has 3 rings (SSSR count). The molecule has 0 spiro atoms. The molecular formula is C16H23N3O2. The van der Waals surface area contributed by atoms with Crippen LogP contribution in [0.3, 0.4) is 0 Å². The molecule has 2 aliphatic rings. The lowest BCUT2D eigenvalue weighted by Gasteiger charge is -2.34. The summed E-state index contributed by atoms with van der Waals surface area (Å²) in [6.07, 6.45) is 0. The Morgan fingerprint density at radius 1 is 1.29 bits per heavy atom. The SMILES string of the molecule is CC1CN(C(=O)c2cccc(N)c2)CC1N1CCOCC1. The molecule has 0 aliphatic carbocycles. The first-order valence-electron chi connectivity index (χ1n) is 7.62. The molecule has 2 saturated heterocycles. The van der Waals surface area contributed by atoms with Crippen molar-refractivity contribution in [2.24, 2.45) is 5.92 Å². The van der Waals surface area contributed by atoms with Gasteiger partial charge in [0.05, 0.1) is 13.2 Å². The van der Waals surface area contributed by atoms with Crippen molar-refractivity contribution in [3.63, 3.8) is 0 Å². The van der Waals surface area contributed by atoms with E-state index in [1.54, 1.807) is 12.1 Å². The third-order valence-corrected chi connectivity index (χ3v) is 4.51. The van der Waals surface area contributed by atoms with Gasteiger partial charge in [0.1, 0.15) is 0 Å². The van der Waals surface area contributed by atoms with E-state index in [0.29, 0.717) is 23.2 Å². The van der Waals surface area contributed by atoms with Crippen LogP contribution in [0.2, 0.25) is 0 Å². The molecule has 0 bridgehead atoms. The molecule has 114 valence electrons. The van der Waals surface area contributed by atoms with Gasteiger partial charge in [-0.1, -0.05) is 13.0 Å². The normalized spacial score (nSPS) is 27.0. The highest BCUT2D eigenvalue weighted by molar-refractivity contribution is 5.95. The van der Waals surface area contributed by atoms with Crippen LogP contribution in [0.4, 0.5) is 5.69 Å². The molecule has 5 nitrogen and oxygen atoms in total. The highest BCUT2D eigenvalue weighted by atomic mass is 16.5. The summed E-state index contributed by atoms with van der Waals surface area (Å²) in [4.78, 5) is 17.0. The van der Waals surface area contributed by atoms with Gasteiger partial charge >= 0.3 is 0 Å². The number of morpholine rings is 1. The second kappa shape index (κ2) is 6.03. The third-order valence-electron chi connectivity index (χ3n) is 4.51. The van der Waals surface area contributed by atoms with E-state index in [1.807, 2.05) is 17.0 Å². The molecule has 2 heterocycles. The molecular weight excluding hydrogens is 266 g/mol. The number of hydrogen-bond acceptors (Lipinski definition) is 4. The highest BCUT2D eigenvalue weighted by Gasteiger charge is 2.36. The number of nitrogen functional groups attached to an aromatic ring is 1. The Morgan fingerprint density at radius 3 is 2.76 bits per heavy atom. The van der Waals surface area contributed by atoms with Crippen molar-refractivity contribution in [1.29, 1.82) is 0 Å². The number of amides is 1. The van der Waals surface area contributed by atoms with Gasteiger partial charge in [0.15, 0.2) is 0 Å². The lowest BCUT2D eigenvalue weighted by atomic mass is 10.0. The van der Waals surface area contributed by atoms with Crippen molar-refractivity contribution >= 4 is 11.6 Å². The number of carbonyl (C=O) groups excluding carboxylic acids is 1. The van der Waals surface area contributed by atoms with E-state index < -0.39 is 0 Å². The van der Waals surface area contributed by atoms with Crippen molar-refractivity contribution in [2.45, 2.75) is 13.0 Å². The first kappa shape index (κ1) is 14.4. The molecule has 2 unspecified atom stereocenters. The molecule has 5 heteroatoms. The largest absolute Gasteiger partial charge is 0.399 e. The second-order valence-corrected chi connectivity index (χ2v) is 6.03. The van der Waals surface area contributed by atoms with Gasteiger partial charge in [-0.25, -0.2) is 0 Å². The molecule has 2 aliphatic heterocycles. The van der Waals surface area contributed by atoms with Gasteiger partial charge in [0.2, 0.25) is 0 Å². The van der Waals surface area contributed by atoms with Crippen LogP contribution in [0.1, 0.15) is 17.3 Å². The predicted octanol–water partition coefficient (Wildman–Crippen LogP) is 1.06. The Hall–Kier alpha value is -1.59. The van der Waals surface area contributed by atoms with Crippen molar-refractivity contribution in [2.75, 3.05) is 45.1 Å². The third kappa shape index (κ3) is 3.04. The van der Waals surface area contributed by atoms with Crippen LogP contribution < -0.4 is 5.73 Å². The Balaban J connectivity index is 1.68. The number of hydrogen-bond donors (Lipinski definition) is 1. The number of benzene rings is 1. The number of likely N-dealkylation sites (tertiary alicyclic amines) is 1. The van der Waals surface area contributed by atoms with Crippen LogP contribution in [0.5, 0.6) is 0 Å². The maximum absolute atomic E-state index is 12.6. The van der Waals surface area contributed by atoms with Crippen LogP contribution in [0.15, 0.2) is 24.3 Å². The predicted molar refractivity (Wildman–Crippen MR) is 82.1 cm³/mol. The molecule has 0 saturated carbocycles. The zero-order valence-corrected chi connectivity index (χ0v) is 12.5. The first-order valence-corrected chi connectivity index (χ1v) is 7.62. The van der Waals surface area contributed by atoms with Crippen LogP contribution in [-0.4, -0.2) is 61.1 Å². The summed E-state index contributed by atoms with van der Waals surface area (Å²) in [5.74, 6) is 0.581. The Morgan fingerprint density at radius 2 is 2.05 bits per heavy atom. The fourth-order valence-electron chi connectivity index (χ4n) is 3.35. The smallest absolute Gasteiger partial charge is 0.253 e. The van der Waals surface area contributed by atoms with Crippen LogP contribution in [0.25, 0.3) is 0 Å². The van der Waals surface area contributed by atoms with Crippen molar-refractivity contribution in [1.82, 2.24) is 9.80 Å². The highest BCUT2D eigenvalue weighted by Crippen LogP contribution is 2.24. The van der Waals surface area contributed by atoms with Crippen molar-refractivity contribution in [3.8, 4) is 0 Å². The molecule has 0 radical (unpaired) electrons. The van der Waals surface area contributed by atoms with Gasteiger partial charge in [0, 0.05) is 43.5 Å². The summed E-state index contributed by atoms with van der Waals surface area (Å²) in [6.45, 7) is 7.38. The lowest BCUT2D eigenvalue weighted by molar-refractivity contribution is 0.0119. The summed E-state index contributed by atoms with van der Waals surface area (Å²) in [5.41, 5.74) is 7.10. The molecule has 21 heavy (non-hydrogen) atoms. The van der Waals surface area contributed by atoms with Crippen LogP contribution >= 0.6 is 0 Å². The number of nitrogens with zero attached hydrogens (tertiary/aromatic N) is 2. The van der Waals surface area contributed by atoms with E-state index >= 15 is 0 Å². The van der Waals surface area contributed by atoms with Gasteiger partial charge in [-0.15, -0.1) is 0 Å². The monoisotopic (exact) mass is 289 g/mol.